The summed E-state index contributed by atoms with van der Waals surface area (Å²) in [5.74, 6) is -3.75. The van der Waals surface area contributed by atoms with Crippen molar-refractivity contribution in [1.29, 1.82) is 0 Å². The van der Waals surface area contributed by atoms with Crippen LogP contribution in [0.3, 0.4) is 0 Å². The van der Waals surface area contributed by atoms with Crippen LogP contribution in [0.25, 0.3) is 11.3 Å². The third-order valence-electron chi connectivity index (χ3n) is 5.49. The van der Waals surface area contributed by atoms with Crippen LogP contribution in [0.2, 0.25) is 0 Å². The van der Waals surface area contributed by atoms with Crippen molar-refractivity contribution in [3.8, 4) is 11.3 Å². The zero-order chi connectivity index (χ0) is 24.0. The van der Waals surface area contributed by atoms with Gasteiger partial charge in [-0.2, -0.15) is 13.2 Å². The molecule has 6 nitrogen and oxygen atoms in total. The van der Waals surface area contributed by atoms with Crippen molar-refractivity contribution >= 4 is 11.8 Å². The van der Waals surface area contributed by atoms with Crippen molar-refractivity contribution < 1.29 is 36.7 Å². The average molecular weight is 462 g/mol. The van der Waals surface area contributed by atoms with E-state index in [1.165, 1.54) is 53.8 Å². The number of rotatable bonds is 4. The topological polar surface area (TPSA) is 91.6 Å². The van der Waals surface area contributed by atoms with Gasteiger partial charge >= 0.3 is 12.2 Å². The number of carbonyl (C=O) groups is 2. The zero-order valence-electron chi connectivity index (χ0n) is 17.1. The number of hydrogen-bond donors (Lipinski definition) is 3. The Hall–Kier alpha value is -3.66. The van der Waals surface area contributed by atoms with Crippen LogP contribution in [0.1, 0.15) is 27.7 Å². The summed E-state index contributed by atoms with van der Waals surface area (Å²) in [6, 6.07) is 10.7. The molecule has 1 aliphatic heterocycles. The molecule has 0 radical (unpaired) electrons. The van der Waals surface area contributed by atoms with E-state index < -0.39 is 41.5 Å². The molecular weight excluding hydrogens is 444 g/mol. The maximum atomic E-state index is 14.0. The van der Waals surface area contributed by atoms with Crippen LogP contribution in [0.15, 0.2) is 65.1 Å². The van der Waals surface area contributed by atoms with Crippen molar-refractivity contribution in [3.05, 3.63) is 83.4 Å². The highest BCUT2D eigenvalue weighted by atomic mass is 19.4. The number of aliphatic hydroxyl groups is 1. The molecule has 3 aromatic rings. The summed E-state index contributed by atoms with van der Waals surface area (Å²) >= 11 is 0. The molecule has 1 fully saturated rings. The number of alkyl halides is 3. The van der Waals surface area contributed by atoms with Crippen LogP contribution in [-0.2, 0) is 0 Å². The number of aryl methyl sites for hydroxylation is 1. The molecule has 33 heavy (non-hydrogen) atoms. The van der Waals surface area contributed by atoms with Crippen molar-refractivity contribution in [2.75, 3.05) is 0 Å². The maximum Gasteiger partial charge on any atom is 0.437 e. The summed E-state index contributed by atoms with van der Waals surface area (Å²) < 4.78 is 60.8. The highest BCUT2D eigenvalue weighted by Gasteiger charge is 2.66. The molecule has 3 atom stereocenters. The minimum Gasteiger partial charge on any atom is -0.459 e. The van der Waals surface area contributed by atoms with Crippen LogP contribution < -0.4 is 10.6 Å². The summed E-state index contributed by atoms with van der Waals surface area (Å²) in [6.07, 6.45) is -5.37. The third kappa shape index (κ3) is 4.09. The van der Waals surface area contributed by atoms with Crippen LogP contribution >= 0.6 is 0 Å². The molecule has 172 valence electrons. The molecule has 0 aliphatic carbocycles. The SMILES string of the molecule is Cc1ccc(C(=O)[C@H]2[C@@H](c3ccc(-c4ccc(F)cc4)o3)NC(=O)N[C@]2(O)C(F)(F)F)cc1. The Morgan fingerprint density at radius 3 is 2.27 bits per heavy atom. The van der Waals surface area contributed by atoms with E-state index in [1.807, 2.05) is 0 Å². The molecule has 0 spiro atoms. The predicted octanol–water partition coefficient (Wildman–Crippen LogP) is 4.50. The van der Waals surface area contributed by atoms with E-state index in [2.05, 4.69) is 5.32 Å². The summed E-state index contributed by atoms with van der Waals surface area (Å²) in [6.45, 7) is 1.74. The van der Waals surface area contributed by atoms with E-state index in [-0.39, 0.29) is 17.1 Å². The quantitative estimate of drug-likeness (QED) is 0.393. The molecule has 2 aromatic carbocycles. The second kappa shape index (κ2) is 8.04. The molecule has 0 saturated carbocycles. The van der Waals surface area contributed by atoms with Crippen LogP contribution in [0.4, 0.5) is 22.4 Å². The number of amides is 2. The number of Topliss-reactive ketones (excluding diaryl/α,β-unsaturated/α-hetero) is 1. The second-order valence-corrected chi connectivity index (χ2v) is 7.76. The third-order valence-corrected chi connectivity index (χ3v) is 5.49. The number of benzene rings is 2. The smallest absolute Gasteiger partial charge is 0.437 e. The molecule has 0 bridgehead atoms. The van der Waals surface area contributed by atoms with Crippen molar-refractivity contribution in [2.24, 2.45) is 5.92 Å². The number of ketones is 1. The fraction of sp³-hybridized carbons (Fsp3) is 0.217. The van der Waals surface area contributed by atoms with E-state index in [9.17, 15) is 32.3 Å². The largest absolute Gasteiger partial charge is 0.459 e. The van der Waals surface area contributed by atoms with Crippen molar-refractivity contribution in [3.63, 3.8) is 0 Å². The summed E-state index contributed by atoms with van der Waals surface area (Å²) in [7, 11) is 0. The van der Waals surface area contributed by atoms with E-state index in [1.54, 1.807) is 19.1 Å². The summed E-state index contributed by atoms with van der Waals surface area (Å²) in [4.78, 5) is 25.3. The first-order valence-electron chi connectivity index (χ1n) is 9.84. The summed E-state index contributed by atoms with van der Waals surface area (Å²) in [5, 5.41) is 14.3. The van der Waals surface area contributed by atoms with Gasteiger partial charge in [0.1, 0.15) is 29.3 Å². The van der Waals surface area contributed by atoms with E-state index >= 15 is 0 Å². The van der Waals surface area contributed by atoms with Gasteiger partial charge in [-0.1, -0.05) is 29.8 Å². The Bertz CT molecular complexity index is 1190. The van der Waals surface area contributed by atoms with Crippen molar-refractivity contribution in [2.45, 2.75) is 24.9 Å². The monoisotopic (exact) mass is 462 g/mol. The van der Waals surface area contributed by atoms with Crippen molar-refractivity contribution in [1.82, 2.24) is 10.6 Å². The first kappa shape index (κ1) is 22.5. The number of furan rings is 1. The lowest BCUT2D eigenvalue weighted by atomic mass is 9.79. The Morgan fingerprint density at radius 1 is 1.03 bits per heavy atom. The van der Waals surface area contributed by atoms with E-state index in [0.29, 0.717) is 5.56 Å². The fourth-order valence-corrected chi connectivity index (χ4v) is 3.76. The normalized spacial score (nSPS) is 23.0. The van der Waals surface area contributed by atoms with Crippen LogP contribution in [-0.4, -0.2) is 28.8 Å². The Balaban J connectivity index is 1.80. The lowest BCUT2D eigenvalue weighted by Gasteiger charge is -2.44. The van der Waals surface area contributed by atoms with Gasteiger partial charge in [0.05, 0.1) is 0 Å². The van der Waals surface area contributed by atoms with Gasteiger partial charge in [-0.05, 0) is 43.3 Å². The highest BCUT2D eigenvalue weighted by molar-refractivity contribution is 6.00. The lowest BCUT2D eigenvalue weighted by Crippen LogP contribution is -2.72. The highest BCUT2D eigenvalue weighted by Crippen LogP contribution is 2.44. The summed E-state index contributed by atoms with van der Waals surface area (Å²) in [5.41, 5.74) is -2.73. The molecule has 10 heteroatoms. The second-order valence-electron chi connectivity index (χ2n) is 7.76. The minimum atomic E-state index is -5.37. The predicted molar refractivity (Wildman–Crippen MR) is 109 cm³/mol. The van der Waals surface area contributed by atoms with Gasteiger partial charge in [0.2, 0.25) is 5.72 Å². The average Bonchev–Trinajstić information content (AvgIpc) is 3.23. The van der Waals surface area contributed by atoms with Gasteiger partial charge in [-0.15, -0.1) is 0 Å². The van der Waals surface area contributed by atoms with Crippen LogP contribution in [0.5, 0.6) is 0 Å². The van der Waals surface area contributed by atoms with Gasteiger partial charge in [-0.25, -0.2) is 9.18 Å². The Kier molecular flexibility index (Phi) is 5.49. The number of carbonyl (C=O) groups excluding carboxylic acids is 2. The molecule has 2 amide bonds. The molecular formula is C23H18F4N2O4. The van der Waals surface area contributed by atoms with Gasteiger partial charge in [0.15, 0.2) is 5.78 Å². The molecule has 1 aliphatic rings. The molecule has 3 N–H and O–H groups in total. The van der Waals surface area contributed by atoms with Crippen LogP contribution in [0, 0.1) is 18.7 Å². The fourth-order valence-electron chi connectivity index (χ4n) is 3.76. The number of halogens is 4. The number of nitrogens with one attached hydrogen (secondary N) is 2. The number of hydrogen-bond acceptors (Lipinski definition) is 4. The lowest BCUT2D eigenvalue weighted by molar-refractivity contribution is -0.288. The zero-order valence-corrected chi connectivity index (χ0v) is 17.1. The van der Waals surface area contributed by atoms with Gasteiger partial charge in [0, 0.05) is 11.1 Å². The first-order chi connectivity index (χ1) is 15.5. The molecule has 1 aromatic heterocycles. The van der Waals surface area contributed by atoms with E-state index in [4.69, 9.17) is 4.42 Å². The molecule has 4 rings (SSSR count). The number of urea groups is 1. The standard InChI is InChI=1S/C23H18F4N2O4/c1-12-2-4-14(5-3-12)20(30)18-19(28-21(31)29-22(18,32)23(25,26)27)17-11-10-16(33-17)13-6-8-15(24)9-7-13/h2-11,18-19,32H,1H3,(H2,28,29,31)/t18-,19-,22-/m1/s1. The minimum absolute atomic E-state index is 0.0819. The molecule has 0 unspecified atom stereocenters. The molecule has 2 heterocycles. The first-order valence-corrected chi connectivity index (χ1v) is 9.84. The van der Waals surface area contributed by atoms with Gasteiger partial charge < -0.3 is 20.2 Å². The van der Waals surface area contributed by atoms with E-state index in [0.717, 1.165) is 5.56 Å². The van der Waals surface area contributed by atoms with Gasteiger partial charge in [0.25, 0.3) is 0 Å². The Morgan fingerprint density at radius 2 is 1.67 bits per heavy atom. The van der Waals surface area contributed by atoms with Gasteiger partial charge in [-0.3, -0.25) is 4.79 Å². The Labute approximate surface area is 185 Å². The maximum absolute atomic E-state index is 14.0. The molecule has 1 saturated heterocycles.